The molecule has 0 aliphatic carbocycles. The number of hydrogen-bond acceptors (Lipinski definition) is 7. The smallest absolute Gasteiger partial charge is 0.159 e. The van der Waals surface area contributed by atoms with Crippen LogP contribution in [0, 0.1) is 0 Å². The van der Waals surface area contributed by atoms with Crippen molar-refractivity contribution in [3.05, 3.63) is 73.3 Å². The van der Waals surface area contributed by atoms with Gasteiger partial charge in [0.25, 0.3) is 0 Å². The highest BCUT2D eigenvalue weighted by Crippen LogP contribution is 2.32. The van der Waals surface area contributed by atoms with Crippen molar-refractivity contribution in [2.24, 2.45) is 0 Å². The number of benzene rings is 1. The van der Waals surface area contributed by atoms with E-state index in [0.717, 1.165) is 63.0 Å². The number of aliphatic hydroxyl groups is 1. The van der Waals surface area contributed by atoms with Crippen molar-refractivity contribution < 1.29 is 5.11 Å². The number of rotatable bonds is 8. The molecule has 5 aromatic heterocycles. The first kappa shape index (κ1) is 22.8. The SMILES string of the molecule is CCCCC(O)Nc1cncc(-c2cc3c(-c4nc5c(-c6ccccn6)cccc5[nH]4)n[nH]c3cn2)c1. The Hall–Kier alpha value is -4.63. The fourth-order valence-electron chi connectivity index (χ4n) is 4.45. The van der Waals surface area contributed by atoms with Gasteiger partial charge in [-0.2, -0.15) is 5.10 Å². The van der Waals surface area contributed by atoms with Crippen LogP contribution in [0.25, 0.3) is 56.0 Å². The Labute approximate surface area is 213 Å². The summed E-state index contributed by atoms with van der Waals surface area (Å²) in [4.78, 5) is 21.8. The third-order valence-corrected chi connectivity index (χ3v) is 6.32. The van der Waals surface area contributed by atoms with Crippen molar-refractivity contribution in [3.8, 4) is 34.0 Å². The number of H-pyrrole nitrogens is 2. The lowest BCUT2D eigenvalue weighted by molar-refractivity contribution is 0.190. The van der Waals surface area contributed by atoms with E-state index in [-0.39, 0.29) is 0 Å². The molecular weight excluding hydrogens is 464 g/mol. The zero-order chi connectivity index (χ0) is 25.2. The summed E-state index contributed by atoms with van der Waals surface area (Å²) in [5.74, 6) is 0.661. The highest BCUT2D eigenvalue weighted by atomic mass is 16.3. The number of unbranched alkanes of at least 4 members (excludes halogenated alkanes) is 1. The van der Waals surface area contributed by atoms with Crippen molar-refractivity contribution >= 4 is 27.6 Å². The second-order valence-corrected chi connectivity index (χ2v) is 8.95. The van der Waals surface area contributed by atoms with Gasteiger partial charge in [-0.25, -0.2) is 4.98 Å². The van der Waals surface area contributed by atoms with Gasteiger partial charge >= 0.3 is 0 Å². The summed E-state index contributed by atoms with van der Waals surface area (Å²) >= 11 is 0. The maximum atomic E-state index is 10.2. The van der Waals surface area contributed by atoms with Gasteiger partial charge in [0.15, 0.2) is 5.82 Å². The van der Waals surface area contributed by atoms with Gasteiger partial charge in [0.05, 0.1) is 46.0 Å². The molecule has 0 amide bonds. The molecule has 1 aromatic carbocycles. The standard InChI is InChI=1S/C28H26N8O/c1-2-3-10-25(37)32-18-12-17(14-29-15-18)23-13-20-24(16-31-23)35-36-27(20)28-33-22-9-6-7-19(26(22)34-28)21-8-4-5-11-30-21/h4-9,11-16,25,32,37H,2-3,10H2,1H3,(H,33,34)(H,35,36). The number of imidazole rings is 1. The molecule has 0 radical (unpaired) electrons. The van der Waals surface area contributed by atoms with Crippen molar-refractivity contribution in [2.45, 2.75) is 32.4 Å². The van der Waals surface area contributed by atoms with Crippen LogP contribution in [0.3, 0.4) is 0 Å². The molecular formula is C28H26N8O. The molecule has 5 heterocycles. The summed E-state index contributed by atoms with van der Waals surface area (Å²) in [7, 11) is 0. The first-order valence-electron chi connectivity index (χ1n) is 12.3. The van der Waals surface area contributed by atoms with Crippen LogP contribution in [0.15, 0.2) is 73.3 Å². The minimum absolute atomic E-state index is 0.614. The third kappa shape index (κ3) is 4.52. The van der Waals surface area contributed by atoms with E-state index in [9.17, 15) is 5.11 Å². The molecule has 0 aliphatic rings. The third-order valence-electron chi connectivity index (χ3n) is 6.32. The monoisotopic (exact) mass is 490 g/mol. The van der Waals surface area contributed by atoms with Gasteiger partial charge in [-0.15, -0.1) is 0 Å². The number of anilines is 1. The van der Waals surface area contributed by atoms with E-state index in [0.29, 0.717) is 17.9 Å². The van der Waals surface area contributed by atoms with E-state index < -0.39 is 6.23 Å². The number of nitrogens with one attached hydrogen (secondary N) is 3. The second kappa shape index (κ2) is 9.79. The molecule has 184 valence electrons. The Balaban J connectivity index is 1.37. The van der Waals surface area contributed by atoms with Crippen LogP contribution in [0.4, 0.5) is 5.69 Å². The zero-order valence-electron chi connectivity index (χ0n) is 20.3. The molecule has 1 atom stereocenters. The van der Waals surface area contributed by atoms with Crippen LogP contribution < -0.4 is 5.32 Å². The maximum Gasteiger partial charge on any atom is 0.159 e. The lowest BCUT2D eigenvalue weighted by Gasteiger charge is -2.14. The molecule has 0 aliphatic heterocycles. The number of aromatic nitrogens is 7. The van der Waals surface area contributed by atoms with Crippen molar-refractivity contribution in [2.75, 3.05) is 5.32 Å². The zero-order valence-corrected chi connectivity index (χ0v) is 20.3. The van der Waals surface area contributed by atoms with Crippen LogP contribution in [0.5, 0.6) is 0 Å². The van der Waals surface area contributed by atoms with Gasteiger partial charge in [-0.1, -0.05) is 31.5 Å². The molecule has 1 unspecified atom stereocenters. The number of para-hydroxylation sites is 1. The quantitative estimate of drug-likeness (QED) is 0.206. The number of hydrogen-bond donors (Lipinski definition) is 4. The van der Waals surface area contributed by atoms with Gasteiger partial charge in [-0.05, 0) is 43.2 Å². The summed E-state index contributed by atoms with van der Waals surface area (Å²) in [5.41, 5.74) is 7.42. The maximum absolute atomic E-state index is 10.2. The first-order valence-corrected chi connectivity index (χ1v) is 12.3. The van der Waals surface area contributed by atoms with Gasteiger partial charge in [0, 0.05) is 28.9 Å². The summed E-state index contributed by atoms with van der Waals surface area (Å²) in [6.07, 6.45) is 9.06. The molecule has 0 spiro atoms. The van der Waals surface area contributed by atoms with Crippen LogP contribution in [0.1, 0.15) is 26.2 Å². The normalized spacial score (nSPS) is 12.3. The molecule has 0 bridgehead atoms. The Morgan fingerprint density at radius 2 is 1.92 bits per heavy atom. The summed E-state index contributed by atoms with van der Waals surface area (Å²) in [6.45, 7) is 2.10. The largest absolute Gasteiger partial charge is 0.374 e. The van der Waals surface area contributed by atoms with E-state index in [1.807, 2.05) is 48.5 Å². The fourth-order valence-corrected chi connectivity index (χ4v) is 4.45. The Kier molecular flexibility index (Phi) is 6.03. The predicted molar refractivity (Wildman–Crippen MR) is 145 cm³/mol. The van der Waals surface area contributed by atoms with E-state index in [2.05, 4.69) is 42.4 Å². The minimum atomic E-state index is -0.614. The number of aromatic amines is 2. The van der Waals surface area contributed by atoms with Crippen LogP contribution >= 0.6 is 0 Å². The summed E-state index contributed by atoms with van der Waals surface area (Å²) in [6, 6.07) is 15.8. The first-order chi connectivity index (χ1) is 18.2. The van der Waals surface area contributed by atoms with Crippen LogP contribution in [0.2, 0.25) is 0 Å². The number of fused-ring (bicyclic) bond motifs is 2. The summed E-state index contributed by atoms with van der Waals surface area (Å²) < 4.78 is 0. The number of nitrogens with zero attached hydrogens (tertiary/aromatic N) is 5. The molecule has 0 saturated heterocycles. The number of aliphatic hydroxyl groups excluding tert-OH is 1. The van der Waals surface area contributed by atoms with E-state index in [1.165, 1.54) is 0 Å². The molecule has 9 nitrogen and oxygen atoms in total. The van der Waals surface area contributed by atoms with E-state index >= 15 is 0 Å². The van der Waals surface area contributed by atoms with Crippen LogP contribution in [-0.2, 0) is 0 Å². The Morgan fingerprint density at radius 3 is 2.78 bits per heavy atom. The van der Waals surface area contributed by atoms with Crippen LogP contribution in [-0.4, -0.2) is 46.5 Å². The topological polar surface area (TPSA) is 128 Å². The lowest BCUT2D eigenvalue weighted by atomic mass is 10.1. The molecule has 9 heteroatoms. The van der Waals surface area contributed by atoms with Crippen molar-refractivity contribution in [1.29, 1.82) is 0 Å². The van der Waals surface area contributed by atoms with Gasteiger partial charge in [-0.3, -0.25) is 20.1 Å². The van der Waals surface area contributed by atoms with E-state index in [4.69, 9.17) is 4.98 Å². The molecule has 6 rings (SSSR count). The highest BCUT2D eigenvalue weighted by Gasteiger charge is 2.17. The number of pyridine rings is 3. The van der Waals surface area contributed by atoms with Gasteiger partial charge < -0.3 is 15.4 Å². The molecule has 37 heavy (non-hydrogen) atoms. The van der Waals surface area contributed by atoms with Gasteiger partial charge in [0.2, 0.25) is 0 Å². The Morgan fingerprint density at radius 1 is 0.973 bits per heavy atom. The average molecular weight is 491 g/mol. The predicted octanol–water partition coefficient (Wildman–Crippen LogP) is 5.55. The minimum Gasteiger partial charge on any atom is -0.374 e. The fraction of sp³-hybridized carbons (Fsp3) is 0.179. The Bertz CT molecular complexity index is 1670. The molecule has 4 N–H and O–H groups in total. The average Bonchev–Trinajstić information content (AvgIpc) is 3.56. The molecule has 0 saturated carbocycles. The van der Waals surface area contributed by atoms with E-state index in [1.54, 1.807) is 24.8 Å². The van der Waals surface area contributed by atoms with Crippen molar-refractivity contribution in [1.82, 2.24) is 35.1 Å². The molecule has 6 aromatic rings. The highest BCUT2D eigenvalue weighted by molar-refractivity contribution is 5.97. The molecule has 0 fully saturated rings. The van der Waals surface area contributed by atoms with Gasteiger partial charge in [0.1, 0.15) is 11.9 Å². The second-order valence-electron chi connectivity index (χ2n) is 8.95. The lowest BCUT2D eigenvalue weighted by Crippen LogP contribution is -2.18. The summed E-state index contributed by atoms with van der Waals surface area (Å²) in [5, 5.41) is 21.9. The van der Waals surface area contributed by atoms with Crippen molar-refractivity contribution in [3.63, 3.8) is 0 Å².